The number of aryl methyl sites for hydroxylation is 1. The van der Waals surface area contributed by atoms with E-state index in [0.29, 0.717) is 0 Å². The zero-order chi connectivity index (χ0) is 14.8. The third-order valence-electron chi connectivity index (χ3n) is 3.46. The zero-order valence-electron chi connectivity index (χ0n) is 11.7. The Labute approximate surface area is 123 Å². The number of phenolic OH excluding ortho intramolecular Hbond substituents is 2. The highest BCUT2D eigenvalue weighted by molar-refractivity contribution is 5.79. The van der Waals surface area contributed by atoms with Gasteiger partial charge >= 0.3 is 0 Å². The highest BCUT2D eigenvalue weighted by atomic mass is 16.3. The van der Waals surface area contributed by atoms with Crippen molar-refractivity contribution < 1.29 is 10.2 Å². The number of nitrogens with zero attached hydrogens (tertiary/aromatic N) is 2. The first-order chi connectivity index (χ1) is 10.2. The molecule has 2 aromatic carbocycles. The van der Waals surface area contributed by atoms with Gasteiger partial charge in [0.2, 0.25) is 0 Å². The molecule has 0 unspecified atom stereocenters. The number of imidazole rings is 1. The fourth-order valence-corrected chi connectivity index (χ4v) is 2.37. The van der Waals surface area contributed by atoms with Gasteiger partial charge in [-0.1, -0.05) is 0 Å². The largest absolute Gasteiger partial charge is 0.508 e. The second-order valence-electron chi connectivity index (χ2n) is 4.82. The quantitative estimate of drug-likeness (QED) is 0.770. The summed E-state index contributed by atoms with van der Waals surface area (Å²) in [6.07, 6.45) is 1.81. The van der Waals surface area contributed by atoms with E-state index in [4.69, 9.17) is 0 Å². The molecule has 2 N–H and O–H groups in total. The molecular weight excluding hydrogens is 264 g/mol. The zero-order valence-corrected chi connectivity index (χ0v) is 11.7. The van der Waals surface area contributed by atoms with Crippen LogP contribution in [0.3, 0.4) is 0 Å². The van der Waals surface area contributed by atoms with Gasteiger partial charge in [0, 0.05) is 17.7 Å². The molecule has 0 aliphatic rings. The van der Waals surface area contributed by atoms with Gasteiger partial charge in [0.1, 0.15) is 11.5 Å². The van der Waals surface area contributed by atoms with E-state index in [1.54, 1.807) is 24.3 Å². The summed E-state index contributed by atoms with van der Waals surface area (Å²) in [6.45, 7) is 2.87. The van der Waals surface area contributed by atoms with Crippen molar-refractivity contribution >= 4 is 0 Å². The third-order valence-corrected chi connectivity index (χ3v) is 3.46. The third kappa shape index (κ3) is 2.48. The van der Waals surface area contributed by atoms with E-state index in [0.717, 1.165) is 29.1 Å². The Kier molecular flexibility index (Phi) is 3.36. The van der Waals surface area contributed by atoms with Crippen LogP contribution in [0.15, 0.2) is 54.9 Å². The summed E-state index contributed by atoms with van der Waals surface area (Å²) in [7, 11) is 0. The Balaban J connectivity index is 2.16. The smallest absolute Gasteiger partial charge is 0.115 e. The number of hydrogen-bond donors (Lipinski definition) is 2. The van der Waals surface area contributed by atoms with Crippen LogP contribution >= 0.6 is 0 Å². The topological polar surface area (TPSA) is 58.3 Å². The molecule has 21 heavy (non-hydrogen) atoms. The molecule has 0 saturated heterocycles. The van der Waals surface area contributed by atoms with Crippen molar-refractivity contribution in [1.29, 1.82) is 0 Å². The SMILES string of the molecule is CCn1cnc(-c2ccc(O)cc2)c1-c1ccc(O)cc1. The van der Waals surface area contributed by atoms with Crippen LogP contribution in [-0.2, 0) is 6.54 Å². The normalized spacial score (nSPS) is 10.7. The molecule has 0 amide bonds. The van der Waals surface area contributed by atoms with Crippen molar-refractivity contribution in [2.45, 2.75) is 13.5 Å². The maximum absolute atomic E-state index is 9.45. The van der Waals surface area contributed by atoms with Gasteiger partial charge in [-0.25, -0.2) is 4.98 Å². The lowest BCUT2D eigenvalue weighted by atomic mass is 10.0. The first kappa shape index (κ1) is 13.2. The minimum atomic E-state index is 0.236. The van der Waals surface area contributed by atoms with E-state index in [9.17, 15) is 10.2 Å². The van der Waals surface area contributed by atoms with Crippen LogP contribution in [0.1, 0.15) is 6.92 Å². The summed E-state index contributed by atoms with van der Waals surface area (Å²) >= 11 is 0. The summed E-state index contributed by atoms with van der Waals surface area (Å²) in [5.41, 5.74) is 3.81. The fraction of sp³-hybridized carbons (Fsp3) is 0.118. The van der Waals surface area contributed by atoms with E-state index in [1.807, 2.05) is 30.6 Å². The molecule has 0 fully saturated rings. The van der Waals surface area contributed by atoms with E-state index in [-0.39, 0.29) is 11.5 Å². The van der Waals surface area contributed by atoms with Gasteiger partial charge in [0.05, 0.1) is 17.7 Å². The van der Waals surface area contributed by atoms with Crippen LogP contribution in [0.4, 0.5) is 0 Å². The van der Waals surface area contributed by atoms with E-state index in [1.165, 1.54) is 0 Å². The van der Waals surface area contributed by atoms with Crippen molar-refractivity contribution in [2.75, 3.05) is 0 Å². The van der Waals surface area contributed by atoms with Crippen LogP contribution in [0.25, 0.3) is 22.5 Å². The first-order valence-corrected chi connectivity index (χ1v) is 6.83. The maximum Gasteiger partial charge on any atom is 0.115 e. The molecular formula is C17H16N2O2. The summed E-state index contributed by atoms with van der Waals surface area (Å²) in [5.74, 6) is 0.479. The van der Waals surface area contributed by atoms with Crippen molar-refractivity contribution in [3.8, 4) is 34.0 Å². The molecule has 0 aliphatic heterocycles. The Morgan fingerprint density at radius 2 is 1.38 bits per heavy atom. The average molecular weight is 280 g/mol. The van der Waals surface area contributed by atoms with Crippen LogP contribution in [0, 0.1) is 0 Å². The lowest BCUT2D eigenvalue weighted by molar-refractivity contribution is 0.475. The van der Waals surface area contributed by atoms with Gasteiger partial charge in [0.15, 0.2) is 0 Å². The van der Waals surface area contributed by atoms with Gasteiger partial charge in [-0.05, 0) is 55.5 Å². The first-order valence-electron chi connectivity index (χ1n) is 6.83. The second kappa shape index (κ2) is 5.32. The predicted molar refractivity (Wildman–Crippen MR) is 82.1 cm³/mol. The molecule has 106 valence electrons. The van der Waals surface area contributed by atoms with Gasteiger partial charge in [-0.15, -0.1) is 0 Å². The van der Waals surface area contributed by atoms with Gasteiger partial charge in [-0.3, -0.25) is 0 Å². The average Bonchev–Trinajstić information content (AvgIpc) is 2.93. The Bertz CT molecular complexity index is 743. The van der Waals surface area contributed by atoms with Crippen LogP contribution in [-0.4, -0.2) is 19.8 Å². The molecule has 1 aromatic heterocycles. The molecule has 0 atom stereocenters. The van der Waals surface area contributed by atoms with Crippen molar-refractivity contribution in [1.82, 2.24) is 9.55 Å². The monoisotopic (exact) mass is 280 g/mol. The highest BCUT2D eigenvalue weighted by Crippen LogP contribution is 2.32. The lowest BCUT2D eigenvalue weighted by Gasteiger charge is -2.09. The Morgan fingerprint density at radius 3 is 1.90 bits per heavy atom. The van der Waals surface area contributed by atoms with E-state index < -0.39 is 0 Å². The molecule has 0 spiro atoms. The number of phenols is 2. The van der Waals surface area contributed by atoms with Gasteiger partial charge < -0.3 is 14.8 Å². The molecule has 4 nitrogen and oxygen atoms in total. The number of hydrogen-bond acceptors (Lipinski definition) is 3. The Hall–Kier alpha value is -2.75. The molecule has 0 saturated carbocycles. The predicted octanol–water partition coefficient (Wildman–Crippen LogP) is 3.65. The van der Waals surface area contributed by atoms with Crippen LogP contribution in [0.2, 0.25) is 0 Å². The van der Waals surface area contributed by atoms with Gasteiger partial charge in [-0.2, -0.15) is 0 Å². The standard InChI is InChI=1S/C17H16N2O2/c1-2-19-11-18-16(12-3-7-14(20)8-4-12)17(19)13-5-9-15(21)10-6-13/h3-11,20-21H,2H2,1H3. The molecule has 1 heterocycles. The van der Waals surface area contributed by atoms with Crippen LogP contribution in [0.5, 0.6) is 11.5 Å². The molecule has 3 aromatic rings. The lowest BCUT2D eigenvalue weighted by Crippen LogP contribution is -1.95. The minimum absolute atomic E-state index is 0.236. The van der Waals surface area contributed by atoms with Crippen molar-refractivity contribution in [3.05, 3.63) is 54.9 Å². The molecule has 0 aliphatic carbocycles. The van der Waals surface area contributed by atoms with Crippen LogP contribution < -0.4 is 0 Å². The van der Waals surface area contributed by atoms with Gasteiger partial charge in [0.25, 0.3) is 0 Å². The van der Waals surface area contributed by atoms with Crippen molar-refractivity contribution in [3.63, 3.8) is 0 Å². The maximum atomic E-state index is 9.45. The summed E-state index contributed by atoms with van der Waals surface area (Å²) < 4.78 is 2.06. The number of rotatable bonds is 3. The Morgan fingerprint density at radius 1 is 0.857 bits per heavy atom. The summed E-state index contributed by atoms with van der Waals surface area (Å²) in [6, 6.07) is 14.1. The van der Waals surface area contributed by atoms with E-state index >= 15 is 0 Å². The van der Waals surface area contributed by atoms with E-state index in [2.05, 4.69) is 16.5 Å². The number of benzene rings is 2. The van der Waals surface area contributed by atoms with Crippen molar-refractivity contribution in [2.24, 2.45) is 0 Å². The summed E-state index contributed by atoms with van der Waals surface area (Å²) in [5, 5.41) is 18.9. The second-order valence-corrected chi connectivity index (χ2v) is 4.82. The molecule has 0 bridgehead atoms. The number of aromatic hydroxyl groups is 2. The minimum Gasteiger partial charge on any atom is -0.508 e. The molecule has 3 rings (SSSR count). The molecule has 0 radical (unpaired) electrons. The highest BCUT2D eigenvalue weighted by Gasteiger charge is 2.14. The number of aromatic nitrogens is 2. The molecule has 4 heteroatoms. The fourth-order valence-electron chi connectivity index (χ4n) is 2.37. The summed E-state index contributed by atoms with van der Waals surface area (Å²) in [4.78, 5) is 4.50.